The van der Waals surface area contributed by atoms with Gasteiger partial charge in [0.05, 0.1) is 6.42 Å². The Morgan fingerprint density at radius 2 is 1.72 bits per heavy atom. The first kappa shape index (κ1) is 18.0. The second-order valence-corrected chi connectivity index (χ2v) is 8.91. The first-order valence-electron chi connectivity index (χ1n) is 9.47. The Labute approximate surface area is 151 Å². The number of anilines is 1. The molecule has 0 spiro atoms. The summed E-state index contributed by atoms with van der Waals surface area (Å²) in [4.78, 5) is 26.3. The monoisotopic (exact) mass is 342 g/mol. The first-order valence-corrected chi connectivity index (χ1v) is 9.47. The maximum absolute atomic E-state index is 12.3. The zero-order valence-electron chi connectivity index (χ0n) is 15.7. The number of hydrogen-bond donors (Lipinski definition) is 1. The fraction of sp³-hybridized carbons (Fsp3) is 0.619. The lowest BCUT2D eigenvalue weighted by Crippen LogP contribution is -2.54. The second-order valence-electron chi connectivity index (χ2n) is 8.91. The summed E-state index contributed by atoms with van der Waals surface area (Å²) in [7, 11) is 0. The molecule has 0 atom stereocenters. The summed E-state index contributed by atoms with van der Waals surface area (Å²) in [6, 6.07) is 7.65. The van der Waals surface area contributed by atoms with Gasteiger partial charge in [0, 0.05) is 25.2 Å². The van der Waals surface area contributed by atoms with Crippen molar-refractivity contribution in [2.75, 3.05) is 18.4 Å². The zero-order chi connectivity index (χ0) is 18.0. The summed E-state index contributed by atoms with van der Waals surface area (Å²) >= 11 is 0. The molecular weight excluding hydrogens is 312 g/mol. The van der Waals surface area contributed by atoms with Crippen LogP contribution in [0.15, 0.2) is 24.3 Å². The molecule has 0 radical (unpaired) electrons. The van der Waals surface area contributed by atoms with Crippen LogP contribution in [0.5, 0.6) is 0 Å². The summed E-state index contributed by atoms with van der Waals surface area (Å²) in [5.41, 5.74) is 1.77. The van der Waals surface area contributed by atoms with E-state index in [-0.39, 0.29) is 17.2 Å². The van der Waals surface area contributed by atoms with E-state index in [1.54, 1.807) is 0 Å². The molecule has 2 amide bonds. The van der Waals surface area contributed by atoms with Gasteiger partial charge in [0.25, 0.3) is 0 Å². The molecule has 3 rings (SSSR count). The van der Waals surface area contributed by atoms with Gasteiger partial charge in [-0.15, -0.1) is 0 Å². The van der Waals surface area contributed by atoms with Crippen molar-refractivity contribution in [3.05, 3.63) is 29.8 Å². The summed E-state index contributed by atoms with van der Waals surface area (Å²) < 4.78 is 0. The number of benzene rings is 1. The number of nitrogens with one attached hydrogen (secondary N) is 1. The van der Waals surface area contributed by atoms with E-state index in [1.807, 2.05) is 49.9 Å². The van der Waals surface area contributed by atoms with Crippen LogP contribution >= 0.6 is 0 Å². The Morgan fingerprint density at radius 3 is 2.24 bits per heavy atom. The van der Waals surface area contributed by atoms with Crippen molar-refractivity contribution in [1.82, 2.24) is 4.90 Å². The van der Waals surface area contributed by atoms with Crippen LogP contribution < -0.4 is 5.32 Å². The van der Waals surface area contributed by atoms with Crippen LogP contribution in [-0.4, -0.2) is 29.8 Å². The van der Waals surface area contributed by atoms with Gasteiger partial charge in [-0.05, 0) is 34.9 Å². The molecule has 0 aromatic heterocycles. The highest BCUT2D eigenvalue weighted by atomic mass is 16.2. The standard InChI is InChI=1S/C21H30N2O2/c1-21(2,3)12-19(24)22-18-9-7-15(8-10-18)11-20(25)23-13-17(14-23)16-5-4-6-16/h7-10,16-17H,4-6,11-14H2,1-3H3,(H,22,24). The summed E-state index contributed by atoms with van der Waals surface area (Å²) in [5.74, 6) is 1.87. The number of likely N-dealkylation sites (tertiary alicyclic amines) is 1. The van der Waals surface area contributed by atoms with Gasteiger partial charge in [0.2, 0.25) is 11.8 Å². The van der Waals surface area contributed by atoms with Crippen molar-refractivity contribution in [3.63, 3.8) is 0 Å². The van der Waals surface area contributed by atoms with Gasteiger partial charge < -0.3 is 10.2 Å². The molecule has 1 saturated carbocycles. The molecule has 0 unspecified atom stereocenters. The van der Waals surface area contributed by atoms with Gasteiger partial charge in [-0.2, -0.15) is 0 Å². The summed E-state index contributed by atoms with van der Waals surface area (Å²) in [6.45, 7) is 8.04. The van der Waals surface area contributed by atoms with E-state index in [1.165, 1.54) is 19.3 Å². The van der Waals surface area contributed by atoms with Crippen molar-refractivity contribution in [2.45, 2.75) is 52.9 Å². The SMILES string of the molecule is CC(C)(C)CC(=O)Nc1ccc(CC(=O)N2CC(C3CCC3)C2)cc1. The third-order valence-corrected chi connectivity index (χ3v) is 5.36. The number of amides is 2. The summed E-state index contributed by atoms with van der Waals surface area (Å²) in [6.07, 6.45) is 5.02. The molecule has 4 nitrogen and oxygen atoms in total. The molecule has 1 N–H and O–H groups in total. The van der Waals surface area contributed by atoms with Crippen LogP contribution in [0.4, 0.5) is 5.69 Å². The van der Waals surface area contributed by atoms with E-state index < -0.39 is 0 Å². The van der Waals surface area contributed by atoms with Crippen LogP contribution in [0.3, 0.4) is 0 Å². The molecule has 4 heteroatoms. The molecular formula is C21H30N2O2. The number of carbonyl (C=O) groups excluding carboxylic acids is 2. The van der Waals surface area contributed by atoms with E-state index in [2.05, 4.69) is 5.32 Å². The lowest BCUT2D eigenvalue weighted by atomic mass is 9.72. The fourth-order valence-corrected chi connectivity index (χ4v) is 3.60. The van der Waals surface area contributed by atoms with Crippen molar-refractivity contribution >= 4 is 17.5 Å². The molecule has 1 heterocycles. The molecule has 136 valence electrons. The molecule has 1 aromatic carbocycles. The topological polar surface area (TPSA) is 49.4 Å². The molecule has 25 heavy (non-hydrogen) atoms. The van der Waals surface area contributed by atoms with Crippen LogP contribution in [-0.2, 0) is 16.0 Å². The molecule has 2 fully saturated rings. The Bertz CT molecular complexity index is 620. The van der Waals surface area contributed by atoms with E-state index in [4.69, 9.17) is 0 Å². The highest BCUT2D eigenvalue weighted by Gasteiger charge is 2.38. The average molecular weight is 342 g/mol. The normalized spacial score (nSPS) is 18.4. The van der Waals surface area contributed by atoms with Crippen LogP contribution in [0.1, 0.15) is 52.0 Å². The minimum absolute atomic E-state index is 0.0228. The quantitative estimate of drug-likeness (QED) is 0.883. The molecule has 1 aromatic rings. The van der Waals surface area contributed by atoms with Gasteiger partial charge in [0.1, 0.15) is 0 Å². The van der Waals surface area contributed by atoms with Crippen molar-refractivity contribution in [1.29, 1.82) is 0 Å². The summed E-state index contributed by atoms with van der Waals surface area (Å²) in [5, 5.41) is 2.92. The highest BCUT2D eigenvalue weighted by Crippen LogP contribution is 2.38. The Kier molecular flexibility index (Phi) is 5.16. The average Bonchev–Trinajstić information content (AvgIpc) is 2.40. The predicted octanol–water partition coefficient (Wildman–Crippen LogP) is 3.86. The first-order chi connectivity index (χ1) is 11.8. The zero-order valence-corrected chi connectivity index (χ0v) is 15.7. The maximum Gasteiger partial charge on any atom is 0.227 e. The van der Waals surface area contributed by atoms with Crippen LogP contribution in [0.25, 0.3) is 0 Å². The third kappa shape index (κ3) is 4.83. The Morgan fingerprint density at radius 1 is 1.08 bits per heavy atom. The second kappa shape index (κ2) is 7.19. The number of hydrogen-bond acceptors (Lipinski definition) is 2. The fourth-order valence-electron chi connectivity index (χ4n) is 3.60. The maximum atomic E-state index is 12.3. The molecule has 2 aliphatic rings. The van der Waals surface area contributed by atoms with Crippen molar-refractivity contribution < 1.29 is 9.59 Å². The number of carbonyl (C=O) groups is 2. The third-order valence-electron chi connectivity index (χ3n) is 5.36. The largest absolute Gasteiger partial charge is 0.342 e. The predicted molar refractivity (Wildman–Crippen MR) is 100 cm³/mol. The Balaban J connectivity index is 1.44. The molecule has 0 bridgehead atoms. The van der Waals surface area contributed by atoms with Gasteiger partial charge in [0.15, 0.2) is 0 Å². The highest BCUT2D eigenvalue weighted by molar-refractivity contribution is 5.91. The van der Waals surface area contributed by atoms with Crippen molar-refractivity contribution in [3.8, 4) is 0 Å². The lowest BCUT2D eigenvalue weighted by Gasteiger charge is -2.46. The van der Waals surface area contributed by atoms with E-state index >= 15 is 0 Å². The number of rotatable bonds is 5. The van der Waals surface area contributed by atoms with Gasteiger partial charge in [-0.1, -0.05) is 52.2 Å². The Hall–Kier alpha value is -1.84. The van der Waals surface area contributed by atoms with Gasteiger partial charge >= 0.3 is 0 Å². The van der Waals surface area contributed by atoms with E-state index in [9.17, 15) is 9.59 Å². The molecule has 1 saturated heterocycles. The smallest absolute Gasteiger partial charge is 0.227 e. The van der Waals surface area contributed by atoms with E-state index in [0.717, 1.165) is 36.2 Å². The van der Waals surface area contributed by atoms with Crippen LogP contribution in [0, 0.1) is 17.3 Å². The minimum atomic E-state index is -0.0228. The van der Waals surface area contributed by atoms with Crippen molar-refractivity contribution in [2.24, 2.45) is 17.3 Å². The van der Waals surface area contributed by atoms with Crippen LogP contribution in [0.2, 0.25) is 0 Å². The van der Waals surface area contributed by atoms with Gasteiger partial charge in [-0.25, -0.2) is 0 Å². The number of nitrogens with zero attached hydrogens (tertiary/aromatic N) is 1. The van der Waals surface area contributed by atoms with E-state index in [0.29, 0.717) is 12.8 Å². The minimum Gasteiger partial charge on any atom is -0.342 e. The molecule has 1 aliphatic carbocycles. The van der Waals surface area contributed by atoms with Gasteiger partial charge in [-0.3, -0.25) is 9.59 Å². The lowest BCUT2D eigenvalue weighted by molar-refractivity contribution is -0.139. The molecule has 1 aliphatic heterocycles.